The van der Waals surface area contributed by atoms with E-state index >= 15 is 0 Å². The van der Waals surface area contributed by atoms with Crippen LogP contribution in [-0.2, 0) is 14.1 Å². The van der Waals surface area contributed by atoms with E-state index in [9.17, 15) is 14.5 Å². The molecular formula is C19H33O6P. The lowest BCUT2D eigenvalue weighted by atomic mass is 9.98. The number of rotatable bonds is 11. The second kappa shape index (κ2) is 10.2. The maximum Gasteiger partial charge on any atom is 0.357 e. The van der Waals surface area contributed by atoms with E-state index < -0.39 is 30.9 Å². The van der Waals surface area contributed by atoms with Crippen LogP contribution in [0.15, 0.2) is 36.0 Å². The average Bonchev–Trinajstić information content (AvgIpc) is 2.44. The first-order valence-corrected chi connectivity index (χ1v) is 10.3. The van der Waals surface area contributed by atoms with Crippen molar-refractivity contribution < 1.29 is 29.0 Å². The molecular weight excluding hydrogens is 355 g/mol. The third-order valence-electron chi connectivity index (χ3n) is 4.11. The largest absolute Gasteiger partial charge is 0.455 e. The summed E-state index contributed by atoms with van der Waals surface area (Å²) in [4.78, 5) is 30.1. The van der Waals surface area contributed by atoms with Gasteiger partial charge in [-0.2, -0.15) is 0 Å². The Labute approximate surface area is 156 Å². The van der Waals surface area contributed by atoms with Gasteiger partial charge in [0.2, 0.25) is 0 Å². The fourth-order valence-electron chi connectivity index (χ4n) is 2.16. The van der Waals surface area contributed by atoms with E-state index in [0.717, 1.165) is 19.8 Å². The van der Waals surface area contributed by atoms with Gasteiger partial charge in [-0.15, -0.1) is 0 Å². The number of carbonyl (C=O) groups excluding carboxylic acids is 1. The van der Waals surface area contributed by atoms with Crippen LogP contribution in [0.5, 0.6) is 0 Å². The van der Waals surface area contributed by atoms with Crippen molar-refractivity contribution in [2.45, 2.75) is 77.7 Å². The minimum Gasteiger partial charge on any atom is -0.455 e. The molecule has 2 unspecified atom stereocenters. The van der Waals surface area contributed by atoms with Crippen molar-refractivity contribution in [2.75, 3.05) is 0 Å². The zero-order valence-electron chi connectivity index (χ0n) is 16.5. The van der Waals surface area contributed by atoms with E-state index in [0.29, 0.717) is 12.8 Å². The number of hydrogen-bond acceptors (Lipinski definition) is 4. The normalized spacial score (nSPS) is 17.0. The van der Waals surface area contributed by atoms with Gasteiger partial charge in [-0.05, 0) is 66.4 Å². The SMILES string of the molecule is C=CC(C)(CCC=C(C)CCC=C(C)C)OC(=O)CC(C)(O)P(=O)(O)O. The van der Waals surface area contributed by atoms with E-state index in [1.807, 2.05) is 6.92 Å². The molecule has 0 fully saturated rings. The number of esters is 1. The highest BCUT2D eigenvalue weighted by atomic mass is 31.2. The monoisotopic (exact) mass is 388 g/mol. The van der Waals surface area contributed by atoms with Gasteiger partial charge in [0.1, 0.15) is 5.60 Å². The summed E-state index contributed by atoms with van der Waals surface area (Å²) in [7, 11) is -4.83. The maximum atomic E-state index is 12.0. The Morgan fingerprint density at radius 1 is 1.15 bits per heavy atom. The summed E-state index contributed by atoms with van der Waals surface area (Å²) >= 11 is 0. The summed E-state index contributed by atoms with van der Waals surface area (Å²) < 4.78 is 16.5. The van der Waals surface area contributed by atoms with E-state index in [2.05, 4.69) is 32.6 Å². The Balaban J connectivity index is 4.69. The summed E-state index contributed by atoms with van der Waals surface area (Å²) in [6.45, 7) is 12.4. The van der Waals surface area contributed by atoms with E-state index in [4.69, 9.17) is 14.5 Å². The van der Waals surface area contributed by atoms with Crippen LogP contribution >= 0.6 is 7.60 Å². The zero-order valence-corrected chi connectivity index (χ0v) is 17.4. The van der Waals surface area contributed by atoms with Crippen molar-refractivity contribution in [3.8, 4) is 0 Å². The van der Waals surface area contributed by atoms with Crippen LogP contribution in [0.1, 0.15) is 66.7 Å². The van der Waals surface area contributed by atoms with Crippen LogP contribution in [0.4, 0.5) is 0 Å². The summed E-state index contributed by atoms with van der Waals surface area (Å²) in [5.41, 5.74) is 1.55. The molecule has 3 N–H and O–H groups in total. The van der Waals surface area contributed by atoms with Crippen LogP contribution in [0.3, 0.4) is 0 Å². The quantitative estimate of drug-likeness (QED) is 0.278. The first kappa shape index (κ1) is 24.8. The molecule has 2 atom stereocenters. The zero-order chi connectivity index (χ0) is 20.6. The smallest absolute Gasteiger partial charge is 0.357 e. The number of allylic oxidation sites excluding steroid dienone is 4. The van der Waals surface area contributed by atoms with Gasteiger partial charge in [-0.25, -0.2) is 0 Å². The molecule has 26 heavy (non-hydrogen) atoms. The lowest BCUT2D eigenvalue weighted by Gasteiger charge is -2.29. The van der Waals surface area contributed by atoms with Crippen LogP contribution in [-0.4, -0.2) is 31.8 Å². The van der Waals surface area contributed by atoms with Gasteiger partial charge in [0, 0.05) is 0 Å². The Hall–Kier alpha value is -1.20. The molecule has 0 aromatic rings. The van der Waals surface area contributed by atoms with Crippen molar-refractivity contribution in [3.05, 3.63) is 36.0 Å². The number of carbonyl (C=O) groups is 1. The van der Waals surface area contributed by atoms with Crippen molar-refractivity contribution in [1.82, 2.24) is 0 Å². The Kier molecular flexibility index (Phi) is 9.74. The molecule has 0 bridgehead atoms. The fourth-order valence-corrected chi connectivity index (χ4v) is 2.50. The summed E-state index contributed by atoms with van der Waals surface area (Å²) in [5, 5.41) is 7.31. The molecule has 0 spiro atoms. The van der Waals surface area contributed by atoms with Crippen LogP contribution in [0.25, 0.3) is 0 Å². The average molecular weight is 388 g/mol. The van der Waals surface area contributed by atoms with Crippen LogP contribution in [0, 0.1) is 0 Å². The number of aliphatic hydroxyl groups is 1. The molecule has 0 aliphatic rings. The van der Waals surface area contributed by atoms with Crippen molar-refractivity contribution in [1.29, 1.82) is 0 Å². The molecule has 0 aromatic heterocycles. The highest BCUT2D eigenvalue weighted by Gasteiger charge is 2.43. The molecule has 0 aromatic carbocycles. The number of hydrogen-bond donors (Lipinski definition) is 3. The third-order valence-corrected chi connectivity index (χ3v) is 5.52. The molecule has 7 heteroatoms. The molecule has 0 saturated carbocycles. The van der Waals surface area contributed by atoms with Gasteiger partial charge >= 0.3 is 13.6 Å². The number of ether oxygens (including phenoxy) is 1. The Morgan fingerprint density at radius 2 is 1.73 bits per heavy atom. The van der Waals surface area contributed by atoms with Gasteiger partial charge in [-0.1, -0.05) is 29.9 Å². The van der Waals surface area contributed by atoms with Crippen LogP contribution in [0.2, 0.25) is 0 Å². The highest BCUT2D eigenvalue weighted by molar-refractivity contribution is 7.53. The molecule has 0 radical (unpaired) electrons. The van der Waals surface area contributed by atoms with Crippen LogP contribution < -0.4 is 0 Å². The molecule has 0 aliphatic heterocycles. The Morgan fingerprint density at radius 3 is 2.19 bits per heavy atom. The summed E-state index contributed by atoms with van der Waals surface area (Å²) in [6.07, 6.45) is 8.06. The molecule has 0 heterocycles. The van der Waals surface area contributed by atoms with E-state index in [1.165, 1.54) is 17.2 Å². The molecule has 0 saturated heterocycles. The minimum absolute atomic E-state index is 0.486. The van der Waals surface area contributed by atoms with Gasteiger partial charge in [0.15, 0.2) is 5.34 Å². The first-order chi connectivity index (χ1) is 11.7. The topological polar surface area (TPSA) is 104 Å². The molecule has 150 valence electrons. The molecule has 0 amide bonds. The lowest BCUT2D eigenvalue weighted by molar-refractivity contribution is -0.157. The molecule has 0 rings (SSSR count). The van der Waals surface area contributed by atoms with Gasteiger partial charge in [0.25, 0.3) is 0 Å². The van der Waals surface area contributed by atoms with Gasteiger partial charge in [0.05, 0.1) is 6.42 Å². The fraction of sp³-hybridized carbons (Fsp3) is 0.632. The molecule has 6 nitrogen and oxygen atoms in total. The molecule has 0 aliphatic carbocycles. The van der Waals surface area contributed by atoms with Crippen molar-refractivity contribution in [3.63, 3.8) is 0 Å². The predicted octanol–water partition coefficient (Wildman–Crippen LogP) is 4.22. The predicted molar refractivity (Wildman–Crippen MR) is 104 cm³/mol. The van der Waals surface area contributed by atoms with Crippen molar-refractivity contribution in [2.24, 2.45) is 0 Å². The second-order valence-corrected chi connectivity index (χ2v) is 9.39. The van der Waals surface area contributed by atoms with Gasteiger partial charge in [-0.3, -0.25) is 9.36 Å². The Bertz CT molecular complexity index is 595. The second-order valence-electron chi connectivity index (χ2n) is 7.34. The minimum atomic E-state index is -4.83. The standard InChI is InChI=1S/C19H33O6P/c1-7-18(5,13-9-12-16(4)11-8-10-15(2)3)25-17(20)14-19(6,21)26(22,23)24/h7,10,12,21H,1,8-9,11,13-14H2,2-6H3,(H2,22,23,24). The van der Waals surface area contributed by atoms with Crippen molar-refractivity contribution >= 4 is 13.6 Å². The van der Waals surface area contributed by atoms with E-state index in [-0.39, 0.29) is 0 Å². The first-order valence-electron chi connectivity index (χ1n) is 8.65. The lowest BCUT2D eigenvalue weighted by Crippen LogP contribution is -2.34. The van der Waals surface area contributed by atoms with E-state index in [1.54, 1.807) is 6.92 Å². The highest BCUT2D eigenvalue weighted by Crippen LogP contribution is 2.50. The third kappa shape index (κ3) is 9.48. The summed E-state index contributed by atoms with van der Waals surface area (Å²) in [6, 6.07) is 0. The summed E-state index contributed by atoms with van der Waals surface area (Å²) in [5.74, 6) is -0.884. The van der Waals surface area contributed by atoms with Gasteiger partial charge < -0.3 is 19.6 Å². The maximum absolute atomic E-state index is 12.0.